The molecule has 19 heavy (non-hydrogen) atoms. The highest BCUT2D eigenvalue weighted by Gasteiger charge is 2.28. The van der Waals surface area contributed by atoms with Crippen molar-refractivity contribution in [2.24, 2.45) is 5.73 Å². The van der Waals surface area contributed by atoms with Crippen LogP contribution in [0, 0.1) is 0 Å². The minimum Gasteiger partial charge on any atom is -0.438 e. The largest absolute Gasteiger partial charge is 0.438 e. The van der Waals surface area contributed by atoms with Crippen LogP contribution >= 0.6 is 0 Å². The molecule has 0 aliphatic rings. The molecule has 7 nitrogen and oxygen atoms in total. The molecule has 4 N–H and O–H groups in total. The van der Waals surface area contributed by atoms with Crippen LogP contribution in [-0.2, 0) is 10.0 Å². The van der Waals surface area contributed by atoms with Gasteiger partial charge in [0.25, 0.3) is 21.9 Å². The third kappa shape index (κ3) is 3.98. The van der Waals surface area contributed by atoms with E-state index in [1.165, 1.54) is 7.05 Å². The summed E-state index contributed by atoms with van der Waals surface area (Å²) >= 11 is 0. The standard InChI is InChI=1S/C9H13F2N3O4S/c1-13-19(16,17)7-3-2-6(18-7)8(15)14-5-9(10,11)4-12/h2-3,13H,4-5,12H2,1H3,(H,14,15). The van der Waals surface area contributed by atoms with Crippen molar-refractivity contribution in [3.63, 3.8) is 0 Å². The van der Waals surface area contributed by atoms with Gasteiger partial charge in [-0.25, -0.2) is 21.9 Å². The number of furan rings is 1. The van der Waals surface area contributed by atoms with Gasteiger partial charge in [-0.15, -0.1) is 0 Å². The van der Waals surface area contributed by atoms with E-state index >= 15 is 0 Å². The number of amides is 1. The lowest BCUT2D eigenvalue weighted by Gasteiger charge is -2.13. The van der Waals surface area contributed by atoms with Crippen LogP contribution in [0.1, 0.15) is 10.6 Å². The molecule has 0 aromatic carbocycles. The summed E-state index contributed by atoms with van der Waals surface area (Å²) in [6, 6.07) is 2.11. The van der Waals surface area contributed by atoms with Crippen LogP contribution in [0.5, 0.6) is 0 Å². The number of carbonyl (C=O) groups is 1. The highest BCUT2D eigenvalue weighted by Crippen LogP contribution is 2.14. The summed E-state index contributed by atoms with van der Waals surface area (Å²) in [7, 11) is -2.66. The van der Waals surface area contributed by atoms with E-state index in [0.29, 0.717) is 0 Å². The average molecular weight is 297 g/mol. The molecule has 1 amide bonds. The molecule has 108 valence electrons. The van der Waals surface area contributed by atoms with Gasteiger partial charge in [0.15, 0.2) is 5.76 Å². The van der Waals surface area contributed by atoms with Gasteiger partial charge in [-0.1, -0.05) is 0 Å². The van der Waals surface area contributed by atoms with Crippen molar-refractivity contribution in [3.05, 3.63) is 17.9 Å². The van der Waals surface area contributed by atoms with E-state index in [-0.39, 0.29) is 5.76 Å². The highest BCUT2D eigenvalue weighted by molar-refractivity contribution is 7.89. The van der Waals surface area contributed by atoms with Gasteiger partial charge >= 0.3 is 0 Å². The van der Waals surface area contributed by atoms with Crippen LogP contribution in [0.25, 0.3) is 0 Å². The van der Waals surface area contributed by atoms with Gasteiger partial charge in [0.05, 0.1) is 13.1 Å². The monoisotopic (exact) mass is 297 g/mol. The Hall–Kier alpha value is -1.52. The summed E-state index contributed by atoms with van der Waals surface area (Å²) in [5, 5.41) is 1.41. The van der Waals surface area contributed by atoms with E-state index in [4.69, 9.17) is 10.2 Å². The molecule has 1 rings (SSSR count). The Labute approximate surface area is 108 Å². The first-order chi connectivity index (χ1) is 8.72. The molecule has 1 heterocycles. The molecular formula is C9H13F2N3O4S. The van der Waals surface area contributed by atoms with Crippen LogP contribution in [-0.4, -0.2) is 40.4 Å². The zero-order chi connectivity index (χ0) is 14.7. The van der Waals surface area contributed by atoms with Crippen LogP contribution in [0.15, 0.2) is 21.6 Å². The van der Waals surface area contributed by atoms with E-state index in [0.717, 1.165) is 12.1 Å². The van der Waals surface area contributed by atoms with Crippen molar-refractivity contribution in [2.75, 3.05) is 20.1 Å². The summed E-state index contributed by atoms with van der Waals surface area (Å²) in [6.07, 6.45) is 0. The summed E-state index contributed by atoms with van der Waals surface area (Å²) in [4.78, 5) is 11.4. The van der Waals surface area contributed by atoms with E-state index in [1.807, 2.05) is 10.0 Å². The Morgan fingerprint density at radius 3 is 2.63 bits per heavy atom. The van der Waals surface area contributed by atoms with Crippen LogP contribution < -0.4 is 15.8 Å². The number of carbonyl (C=O) groups excluding carboxylic acids is 1. The second-order valence-corrected chi connectivity index (χ2v) is 5.39. The van der Waals surface area contributed by atoms with Gasteiger partial charge < -0.3 is 15.5 Å². The number of hydrogen-bond acceptors (Lipinski definition) is 5. The molecule has 0 radical (unpaired) electrons. The number of halogens is 2. The van der Waals surface area contributed by atoms with Gasteiger partial charge in [-0.2, -0.15) is 0 Å². The molecule has 0 saturated heterocycles. The second-order valence-electron chi connectivity index (χ2n) is 3.57. The summed E-state index contributed by atoms with van der Waals surface area (Å²) in [5.41, 5.74) is 4.80. The Bertz CT molecular complexity index is 556. The molecule has 0 fully saturated rings. The number of sulfonamides is 1. The first kappa shape index (κ1) is 15.5. The van der Waals surface area contributed by atoms with Crippen molar-refractivity contribution in [2.45, 2.75) is 11.0 Å². The maximum atomic E-state index is 12.8. The number of rotatable bonds is 6. The van der Waals surface area contributed by atoms with Gasteiger partial charge in [0, 0.05) is 0 Å². The van der Waals surface area contributed by atoms with E-state index < -0.39 is 40.0 Å². The minimum atomic E-state index is -3.82. The molecule has 0 atom stereocenters. The fourth-order valence-electron chi connectivity index (χ4n) is 1.06. The Morgan fingerprint density at radius 1 is 1.47 bits per heavy atom. The van der Waals surface area contributed by atoms with E-state index in [2.05, 4.69) is 0 Å². The molecule has 10 heteroatoms. The van der Waals surface area contributed by atoms with Crippen molar-refractivity contribution in [1.29, 1.82) is 0 Å². The fourth-order valence-corrected chi connectivity index (χ4v) is 1.70. The van der Waals surface area contributed by atoms with Crippen molar-refractivity contribution >= 4 is 15.9 Å². The molecule has 0 saturated carbocycles. The number of alkyl halides is 2. The first-order valence-corrected chi connectivity index (χ1v) is 6.59. The number of hydrogen-bond donors (Lipinski definition) is 3. The molecule has 0 aliphatic carbocycles. The smallest absolute Gasteiger partial charge is 0.287 e. The van der Waals surface area contributed by atoms with E-state index in [9.17, 15) is 22.0 Å². The molecule has 1 aromatic rings. The SMILES string of the molecule is CNS(=O)(=O)c1ccc(C(=O)NCC(F)(F)CN)o1. The predicted molar refractivity (Wildman–Crippen MR) is 61.3 cm³/mol. The minimum absolute atomic E-state index is 0.387. The molecular weight excluding hydrogens is 284 g/mol. The second kappa shape index (κ2) is 5.63. The summed E-state index contributed by atoms with van der Waals surface area (Å²) < 4.78 is 55.0. The molecule has 0 aliphatic heterocycles. The zero-order valence-electron chi connectivity index (χ0n) is 9.94. The topological polar surface area (TPSA) is 114 Å². The van der Waals surface area contributed by atoms with Crippen molar-refractivity contribution in [1.82, 2.24) is 10.0 Å². The highest BCUT2D eigenvalue weighted by atomic mass is 32.2. The Kier molecular flexibility index (Phi) is 4.61. The predicted octanol–water partition coefficient (Wildman–Crippen LogP) is -0.488. The first-order valence-electron chi connectivity index (χ1n) is 5.11. The third-order valence-corrected chi connectivity index (χ3v) is 3.43. The average Bonchev–Trinajstić information content (AvgIpc) is 2.86. The Morgan fingerprint density at radius 2 is 2.11 bits per heavy atom. The molecule has 0 spiro atoms. The van der Waals surface area contributed by atoms with Crippen molar-refractivity contribution in [3.8, 4) is 0 Å². The van der Waals surface area contributed by atoms with Crippen molar-refractivity contribution < 1.29 is 26.4 Å². The van der Waals surface area contributed by atoms with Crippen LogP contribution in [0.4, 0.5) is 8.78 Å². The number of nitrogens with one attached hydrogen (secondary N) is 2. The molecule has 0 bridgehead atoms. The fraction of sp³-hybridized carbons (Fsp3) is 0.444. The lowest BCUT2D eigenvalue weighted by atomic mass is 10.3. The Balaban J connectivity index is 2.75. The molecule has 0 unspecified atom stereocenters. The molecule has 1 aromatic heterocycles. The van der Waals surface area contributed by atoms with Crippen LogP contribution in [0.2, 0.25) is 0 Å². The normalized spacial score (nSPS) is 12.4. The van der Waals surface area contributed by atoms with Gasteiger partial charge in [-0.05, 0) is 19.2 Å². The zero-order valence-corrected chi connectivity index (χ0v) is 10.8. The maximum Gasteiger partial charge on any atom is 0.287 e. The van der Waals surface area contributed by atoms with Gasteiger partial charge in [0.1, 0.15) is 0 Å². The lowest BCUT2D eigenvalue weighted by Crippen LogP contribution is -2.41. The summed E-state index contributed by atoms with van der Waals surface area (Å²) in [5.74, 6) is -4.57. The van der Waals surface area contributed by atoms with Gasteiger partial charge in [0.2, 0.25) is 5.09 Å². The quantitative estimate of drug-likeness (QED) is 0.655. The van der Waals surface area contributed by atoms with E-state index in [1.54, 1.807) is 0 Å². The van der Waals surface area contributed by atoms with Crippen LogP contribution in [0.3, 0.4) is 0 Å². The maximum absolute atomic E-state index is 12.8. The lowest BCUT2D eigenvalue weighted by molar-refractivity contribution is 0.0115. The summed E-state index contributed by atoms with van der Waals surface area (Å²) in [6.45, 7) is -1.87. The number of nitrogens with two attached hydrogens (primary N) is 1. The van der Waals surface area contributed by atoms with Gasteiger partial charge in [-0.3, -0.25) is 4.79 Å². The third-order valence-electron chi connectivity index (χ3n) is 2.14.